The maximum Gasteiger partial charge on any atom is 0.435 e. The van der Waals surface area contributed by atoms with Crippen molar-refractivity contribution in [1.82, 2.24) is 14.5 Å². The molecule has 0 aliphatic heterocycles. The summed E-state index contributed by atoms with van der Waals surface area (Å²) in [5.74, 6) is 0.0876. The number of hydrogen-bond donors (Lipinski definition) is 1. The van der Waals surface area contributed by atoms with E-state index in [1.54, 1.807) is 6.07 Å². The maximum atomic E-state index is 12.8. The standard InChI is InChI=1S/C15H18F3N3O2S2/c1-2-11-5-6-14(24-11)25(22,23)19-7-8-21-12(10-3-4-10)9-13(20-21)15(16,17)18/h5-6,9-10,19H,2-4,7-8H2,1H3. The van der Waals surface area contributed by atoms with Crippen LogP contribution in [0, 0.1) is 0 Å². The maximum absolute atomic E-state index is 12.8. The molecule has 2 aromatic rings. The van der Waals surface area contributed by atoms with Gasteiger partial charge in [0, 0.05) is 23.0 Å². The predicted molar refractivity (Wildman–Crippen MR) is 88.1 cm³/mol. The van der Waals surface area contributed by atoms with Gasteiger partial charge in [0.05, 0.1) is 6.54 Å². The number of alkyl halides is 3. The van der Waals surface area contributed by atoms with Gasteiger partial charge in [-0.05, 0) is 37.5 Å². The molecule has 3 rings (SSSR count). The molecule has 0 radical (unpaired) electrons. The Hall–Kier alpha value is -1.39. The molecule has 0 spiro atoms. The molecule has 1 fully saturated rings. The molecular weight excluding hydrogens is 375 g/mol. The summed E-state index contributed by atoms with van der Waals surface area (Å²) in [7, 11) is -3.65. The van der Waals surface area contributed by atoms with Gasteiger partial charge >= 0.3 is 6.18 Å². The summed E-state index contributed by atoms with van der Waals surface area (Å²) >= 11 is 1.19. The minimum Gasteiger partial charge on any atom is -0.267 e. The van der Waals surface area contributed by atoms with Crippen LogP contribution in [0.3, 0.4) is 0 Å². The zero-order valence-corrected chi connectivity index (χ0v) is 15.1. The van der Waals surface area contributed by atoms with Crippen LogP contribution >= 0.6 is 11.3 Å². The SMILES string of the molecule is CCc1ccc(S(=O)(=O)NCCn2nc(C(F)(F)F)cc2C2CC2)s1. The van der Waals surface area contributed by atoms with Gasteiger partial charge in [0.2, 0.25) is 10.0 Å². The number of hydrogen-bond acceptors (Lipinski definition) is 4. The number of nitrogens with zero attached hydrogens (tertiary/aromatic N) is 2. The third-order valence-electron chi connectivity index (χ3n) is 3.96. The number of aryl methyl sites for hydroxylation is 1. The van der Waals surface area contributed by atoms with Crippen molar-refractivity contribution in [3.63, 3.8) is 0 Å². The Balaban J connectivity index is 1.68. The monoisotopic (exact) mass is 393 g/mol. The molecule has 0 saturated heterocycles. The Morgan fingerprint density at radius 2 is 2.08 bits per heavy atom. The van der Waals surface area contributed by atoms with Crippen LogP contribution in [0.4, 0.5) is 13.2 Å². The molecule has 138 valence electrons. The van der Waals surface area contributed by atoms with Crippen LogP contribution in [0.15, 0.2) is 22.4 Å². The first-order chi connectivity index (χ1) is 11.7. The van der Waals surface area contributed by atoms with Gasteiger partial charge in [0.15, 0.2) is 5.69 Å². The molecule has 5 nitrogen and oxygen atoms in total. The lowest BCUT2D eigenvalue weighted by Gasteiger charge is -2.08. The molecule has 1 aliphatic carbocycles. The lowest BCUT2D eigenvalue weighted by atomic mass is 10.2. The summed E-state index contributed by atoms with van der Waals surface area (Å²) in [6, 6.07) is 4.36. The van der Waals surface area contributed by atoms with E-state index in [1.165, 1.54) is 22.1 Å². The minimum atomic E-state index is -4.50. The van der Waals surface area contributed by atoms with E-state index in [0.717, 1.165) is 30.2 Å². The molecule has 1 N–H and O–H groups in total. The summed E-state index contributed by atoms with van der Waals surface area (Å²) < 4.78 is 66.9. The van der Waals surface area contributed by atoms with Crippen LogP contribution in [0.25, 0.3) is 0 Å². The second-order valence-corrected chi connectivity index (χ2v) is 9.08. The third-order valence-corrected chi connectivity index (χ3v) is 7.15. The van der Waals surface area contributed by atoms with Gasteiger partial charge in [-0.2, -0.15) is 18.3 Å². The fourth-order valence-corrected chi connectivity index (χ4v) is 4.87. The van der Waals surface area contributed by atoms with E-state index >= 15 is 0 Å². The van der Waals surface area contributed by atoms with Crippen molar-refractivity contribution in [2.24, 2.45) is 0 Å². The summed E-state index contributed by atoms with van der Waals surface area (Å²) in [4.78, 5) is 0.957. The van der Waals surface area contributed by atoms with Crippen molar-refractivity contribution in [3.05, 3.63) is 34.5 Å². The molecule has 0 unspecified atom stereocenters. The normalized spacial score (nSPS) is 15.7. The molecule has 0 bridgehead atoms. The van der Waals surface area contributed by atoms with Gasteiger partial charge in [0.25, 0.3) is 0 Å². The fourth-order valence-electron chi connectivity index (χ4n) is 2.51. The number of halogens is 3. The quantitative estimate of drug-likeness (QED) is 0.784. The van der Waals surface area contributed by atoms with E-state index < -0.39 is 21.9 Å². The van der Waals surface area contributed by atoms with Crippen LogP contribution in [-0.2, 0) is 29.2 Å². The average molecular weight is 393 g/mol. The highest BCUT2D eigenvalue weighted by atomic mass is 32.2. The van der Waals surface area contributed by atoms with Crippen molar-refractivity contribution in [3.8, 4) is 0 Å². The van der Waals surface area contributed by atoms with Gasteiger partial charge in [-0.15, -0.1) is 11.3 Å². The van der Waals surface area contributed by atoms with E-state index in [0.29, 0.717) is 5.69 Å². The first-order valence-corrected chi connectivity index (χ1v) is 10.2. The topological polar surface area (TPSA) is 64.0 Å². The van der Waals surface area contributed by atoms with E-state index in [1.807, 2.05) is 6.92 Å². The lowest BCUT2D eigenvalue weighted by Crippen LogP contribution is -2.27. The molecule has 0 aromatic carbocycles. The summed E-state index contributed by atoms with van der Waals surface area (Å²) in [6.45, 7) is 1.98. The summed E-state index contributed by atoms with van der Waals surface area (Å²) in [6.07, 6.45) is -2.08. The van der Waals surface area contributed by atoms with Crippen LogP contribution in [0.2, 0.25) is 0 Å². The highest BCUT2D eigenvalue weighted by Gasteiger charge is 2.37. The lowest BCUT2D eigenvalue weighted by molar-refractivity contribution is -0.141. The molecule has 2 heterocycles. The van der Waals surface area contributed by atoms with Gasteiger partial charge in [-0.3, -0.25) is 4.68 Å². The largest absolute Gasteiger partial charge is 0.435 e. The Labute approximate surface area is 147 Å². The van der Waals surface area contributed by atoms with Crippen molar-refractivity contribution < 1.29 is 21.6 Å². The smallest absolute Gasteiger partial charge is 0.267 e. The van der Waals surface area contributed by atoms with Crippen LogP contribution < -0.4 is 4.72 Å². The third kappa shape index (κ3) is 4.24. The van der Waals surface area contributed by atoms with Crippen molar-refractivity contribution in [2.45, 2.75) is 49.0 Å². The Bertz CT molecular complexity index is 852. The second-order valence-electron chi connectivity index (χ2n) is 5.92. The molecule has 0 atom stereocenters. The zero-order valence-electron chi connectivity index (χ0n) is 13.5. The van der Waals surface area contributed by atoms with Crippen LogP contribution in [0.1, 0.15) is 41.9 Å². The minimum absolute atomic E-state index is 0.0135. The number of sulfonamides is 1. The number of thiophene rings is 1. The molecule has 1 saturated carbocycles. The van der Waals surface area contributed by atoms with E-state index in [2.05, 4.69) is 9.82 Å². The van der Waals surface area contributed by atoms with E-state index in [-0.39, 0.29) is 23.2 Å². The first-order valence-electron chi connectivity index (χ1n) is 7.94. The summed E-state index contributed by atoms with van der Waals surface area (Å²) in [5.41, 5.74) is -0.404. The molecule has 10 heteroatoms. The van der Waals surface area contributed by atoms with Crippen molar-refractivity contribution >= 4 is 21.4 Å². The van der Waals surface area contributed by atoms with Crippen molar-refractivity contribution in [1.29, 1.82) is 0 Å². The first kappa shape index (κ1) is 18.4. The number of nitrogens with one attached hydrogen (secondary N) is 1. The van der Waals surface area contributed by atoms with Gasteiger partial charge in [-0.1, -0.05) is 6.92 Å². The fraction of sp³-hybridized carbons (Fsp3) is 0.533. The van der Waals surface area contributed by atoms with Gasteiger partial charge in [-0.25, -0.2) is 13.1 Å². The zero-order chi connectivity index (χ0) is 18.2. The van der Waals surface area contributed by atoms with Gasteiger partial charge < -0.3 is 0 Å². The average Bonchev–Trinajstić information content (AvgIpc) is 3.09. The molecular formula is C15H18F3N3O2S2. The Morgan fingerprint density at radius 3 is 2.64 bits per heavy atom. The molecule has 1 aliphatic rings. The van der Waals surface area contributed by atoms with Gasteiger partial charge in [0.1, 0.15) is 4.21 Å². The van der Waals surface area contributed by atoms with E-state index in [4.69, 9.17) is 0 Å². The molecule has 0 amide bonds. The number of aromatic nitrogens is 2. The molecule has 2 aromatic heterocycles. The van der Waals surface area contributed by atoms with Crippen LogP contribution in [-0.4, -0.2) is 24.7 Å². The highest BCUT2D eigenvalue weighted by Crippen LogP contribution is 2.42. The molecule has 25 heavy (non-hydrogen) atoms. The second kappa shape index (κ2) is 6.73. The Kier molecular flexibility index (Phi) is 4.95. The van der Waals surface area contributed by atoms with Crippen LogP contribution in [0.5, 0.6) is 0 Å². The van der Waals surface area contributed by atoms with Crippen molar-refractivity contribution in [2.75, 3.05) is 6.54 Å². The number of rotatable bonds is 7. The predicted octanol–water partition coefficient (Wildman–Crippen LogP) is 3.38. The Morgan fingerprint density at radius 1 is 1.36 bits per heavy atom. The van der Waals surface area contributed by atoms with E-state index in [9.17, 15) is 21.6 Å². The summed E-state index contributed by atoms with van der Waals surface area (Å²) in [5, 5.41) is 3.61. The highest BCUT2D eigenvalue weighted by molar-refractivity contribution is 7.91.